The number of hydrogen-bond acceptors (Lipinski definition) is 2. The summed E-state index contributed by atoms with van der Waals surface area (Å²) in [5.41, 5.74) is 1.10. The van der Waals surface area contributed by atoms with Crippen LogP contribution in [0.3, 0.4) is 0 Å². The van der Waals surface area contributed by atoms with Gasteiger partial charge < -0.3 is 5.32 Å². The van der Waals surface area contributed by atoms with Crippen LogP contribution in [0.2, 0.25) is 0 Å². The molecule has 1 aromatic rings. The molecule has 0 aromatic heterocycles. The molecule has 0 amide bonds. The van der Waals surface area contributed by atoms with Gasteiger partial charge in [0.2, 0.25) is 0 Å². The lowest BCUT2D eigenvalue weighted by Crippen LogP contribution is -2.43. The van der Waals surface area contributed by atoms with Crippen molar-refractivity contribution in [3.8, 4) is 0 Å². The molecule has 2 atom stereocenters. The quantitative estimate of drug-likeness (QED) is 0.884. The van der Waals surface area contributed by atoms with Crippen LogP contribution < -0.4 is 5.32 Å². The second kappa shape index (κ2) is 5.37. The Labute approximate surface area is 108 Å². The fourth-order valence-corrected chi connectivity index (χ4v) is 3.41. The summed E-state index contributed by atoms with van der Waals surface area (Å²) < 4.78 is 13.2. The van der Waals surface area contributed by atoms with Crippen LogP contribution in [0, 0.1) is 5.82 Å². The van der Waals surface area contributed by atoms with Gasteiger partial charge >= 0.3 is 0 Å². The third kappa shape index (κ3) is 2.57. The van der Waals surface area contributed by atoms with Gasteiger partial charge in [-0.2, -0.15) is 0 Å². The van der Waals surface area contributed by atoms with E-state index in [0.717, 1.165) is 25.2 Å². The zero-order chi connectivity index (χ0) is 12.4. The van der Waals surface area contributed by atoms with E-state index in [1.54, 1.807) is 6.07 Å². The van der Waals surface area contributed by atoms with Crippen LogP contribution in [0.5, 0.6) is 0 Å². The highest BCUT2D eigenvalue weighted by molar-refractivity contribution is 5.16. The van der Waals surface area contributed by atoms with Crippen LogP contribution in [-0.4, -0.2) is 30.1 Å². The van der Waals surface area contributed by atoms with Gasteiger partial charge in [0, 0.05) is 18.6 Å². The lowest BCUT2D eigenvalue weighted by atomic mass is 10.0. The highest BCUT2D eigenvalue weighted by Crippen LogP contribution is 2.26. The topological polar surface area (TPSA) is 15.3 Å². The van der Waals surface area contributed by atoms with Gasteiger partial charge in [-0.1, -0.05) is 12.1 Å². The van der Waals surface area contributed by atoms with E-state index in [1.165, 1.54) is 31.7 Å². The summed E-state index contributed by atoms with van der Waals surface area (Å²) in [5.74, 6) is -0.123. The molecule has 3 heteroatoms. The molecule has 2 fully saturated rings. The molecule has 0 spiro atoms. The first kappa shape index (κ1) is 12.1. The van der Waals surface area contributed by atoms with Crippen molar-refractivity contribution in [1.82, 2.24) is 10.2 Å². The van der Waals surface area contributed by atoms with Gasteiger partial charge in [-0.3, -0.25) is 4.90 Å². The molecular weight excluding hydrogens is 227 g/mol. The predicted molar refractivity (Wildman–Crippen MR) is 70.9 cm³/mol. The molecule has 2 nitrogen and oxygen atoms in total. The van der Waals surface area contributed by atoms with Gasteiger partial charge in [0.25, 0.3) is 0 Å². The van der Waals surface area contributed by atoms with E-state index in [9.17, 15) is 4.39 Å². The minimum Gasteiger partial charge on any atom is -0.312 e. The molecule has 0 bridgehead atoms. The Bertz CT molecular complexity index is 401. The number of nitrogens with zero attached hydrogens (tertiary/aromatic N) is 1. The highest BCUT2D eigenvalue weighted by atomic mass is 19.1. The van der Waals surface area contributed by atoms with Gasteiger partial charge in [0.15, 0.2) is 0 Å². The van der Waals surface area contributed by atoms with E-state index in [0.29, 0.717) is 12.1 Å². The van der Waals surface area contributed by atoms with Gasteiger partial charge in [0.1, 0.15) is 5.82 Å². The SMILES string of the molecule is Fc1cccc(CN2CCCC2C2CCCN2)c1. The average Bonchev–Trinajstić information content (AvgIpc) is 2.98. The molecule has 2 unspecified atom stereocenters. The number of rotatable bonds is 3. The summed E-state index contributed by atoms with van der Waals surface area (Å²) in [5, 5.41) is 3.61. The van der Waals surface area contributed by atoms with Crippen LogP contribution in [0.1, 0.15) is 31.2 Å². The largest absolute Gasteiger partial charge is 0.312 e. The first-order valence-corrected chi connectivity index (χ1v) is 7.05. The van der Waals surface area contributed by atoms with E-state index in [-0.39, 0.29) is 5.82 Å². The molecule has 1 N–H and O–H groups in total. The van der Waals surface area contributed by atoms with E-state index in [2.05, 4.69) is 10.2 Å². The number of halogens is 1. The van der Waals surface area contributed by atoms with E-state index in [4.69, 9.17) is 0 Å². The molecule has 2 heterocycles. The molecule has 0 aliphatic carbocycles. The minimum atomic E-state index is -0.123. The third-order valence-electron chi connectivity index (χ3n) is 4.25. The second-order valence-electron chi connectivity index (χ2n) is 5.51. The number of likely N-dealkylation sites (tertiary alicyclic amines) is 1. The first-order chi connectivity index (χ1) is 8.83. The van der Waals surface area contributed by atoms with Crippen LogP contribution in [0.25, 0.3) is 0 Å². The van der Waals surface area contributed by atoms with Crippen molar-refractivity contribution in [3.63, 3.8) is 0 Å². The monoisotopic (exact) mass is 248 g/mol. The maximum atomic E-state index is 13.2. The molecule has 98 valence electrons. The lowest BCUT2D eigenvalue weighted by Gasteiger charge is -2.29. The summed E-state index contributed by atoms with van der Waals surface area (Å²) in [6, 6.07) is 8.32. The summed E-state index contributed by atoms with van der Waals surface area (Å²) in [6.07, 6.45) is 5.16. The van der Waals surface area contributed by atoms with Crippen molar-refractivity contribution >= 4 is 0 Å². The van der Waals surface area contributed by atoms with E-state index in [1.807, 2.05) is 12.1 Å². The summed E-state index contributed by atoms with van der Waals surface area (Å²) in [6.45, 7) is 3.20. The average molecular weight is 248 g/mol. The van der Waals surface area contributed by atoms with Crippen molar-refractivity contribution in [1.29, 1.82) is 0 Å². The van der Waals surface area contributed by atoms with E-state index < -0.39 is 0 Å². The molecule has 0 saturated carbocycles. The lowest BCUT2D eigenvalue weighted by molar-refractivity contribution is 0.206. The predicted octanol–water partition coefficient (Wildman–Crippen LogP) is 2.54. The standard InChI is InChI=1S/C15H21FN2/c16-13-5-1-4-12(10-13)11-18-9-3-7-15(18)14-6-2-8-17-14/h1,4-5,10,14-15,17H,2-3,6-9,11H2. The van der Waals surface area contributed by atoms with Crippen LogP contribution in [0.4, 0.5) is 4.39 Å². The number of hydrogen-bond donors (Lipinski definition) is 1. The van der Waals surface area contributed by atoms with Crippen LogP contribution in [0.15, 0.2) is 24.3 Å². The highest BCUT2D eigenvalue weighted by Gasteiger charge is 2.32. The second-order valence-corrected chi connectivity index (χ2v) is 5.51. The Morgan fingerprint density at radius 3 is 3.00 bits per heavy atom. The molecule has 2 aliphatic heterocycles. The molecule has 1 aromatic carbocycles. The summed E-state index contributed by atoms with van der Waals surface area (Å²) in [4.78, 5) is 2.53. The Morgan fingerprint density at radius 1 is 1.28 bits per heavy atom. The maximum absolute atomic E-state index is 13.2. The Hall–Kier alpha value is -0.930. The van der Waals surface area contributed by atoms with Crippen molar-refractivity contribution in [3.05, 3.63) is 35.6 Å². The van der Waals surface area contributed by atoms with Gasteiger partial charge in [-0.15, -0.1) is 0 Å². The minimum absolute atomic E-state index is 0.123. The van der Waals surface area contributed by atoms with Crippen molar-refractivity contribution < 1.29 is 4.39 Å². The first-order valence-electron chi connectivity index (χ1n) is 7.05. The Morgan fingerprint density at radius 2 is 2.22 bits per heavy atom. The normalized spacial score (nSPS) is 28.9. The summed E-state index contributed by atoms with van der Waals surface area (Å²) >= 11 is 0. The Balaban J connectivity index is 1.67. The zero-order valence-electron chi connectivity index (χ0n) is 10.7. The smallest absolute Gasteiger partial charge is 0.123 e. The zero-order valence-corrected chi connectivity index (χ0v) is 10.7. The maximum Gasteiger partial charge on any atom is 0.123 e. The molecular formula is C15H21FN2. The van der Waals surface area contributed by atoms with Crippen LogP contribution in [-0.2, 0) is 6.54 Å². The van der Waals surface area contributed by atoms with Gasteiger partial charge in [-0.25, -0.2) is 4.39 Å². The van der Waals surface area contributed by atoms with Gasteiger partial charge in [0.05, 0.1) is 0 Å². The molecule has 18 heavy (non-hydrogen) atoms. The number of nitrogens with one attached hydrogen (secondary N) is 1. The number of benzene rings is 1. The van der Waals surface area contributed by atoms with Crippen molar-refractivity contribution in [2.75, 3.05) is 13.1 Å². The summed E-state index contributed by atoms with van der Waals surface area (Å²) in [7, 11) is 0. The van der Waals surface area contributed by atoms with Crippen LogP contribution >= 0.6 is 0 Å². The van der Waals surface area contributed by atoms with Gasteiger partial charge in [-0.05, 0) is 56.5 Å². The molecule has 2 saturated heterocycles. The Kier molecular flexibility index (Phi) is 3.62. The van der Waals surface area contributed by atoms with Crippen molar-refractivity contribution in [2.45, 2.75) is 44.3 Å². The fourth-order valence-electron chi connectivity index (χ4n) is 3.41. The molecule has 2 aliphatic rings. The molecule has 3 rings (SSSR count). The van der Waals surface area contributed by atoms with E-state index >= 15 is 0 Å². The third-order valence-corrected chi connectivity index (χ3v) is 4.25. The molecule has 0 radical (unpaired) electrons. The fraction of sp³-hybridized carbons (Fsp3) is 0.600. The van der Waals surface area contributed by atoms with Crippen molar-refractivity contribution in [2.24, 2.45) is 0 Å².